The topological polar surface area (TPSA) is 139 Å². The summed E-state index contributed by atoms with van der Waals surface area (Å²) < 4.78 is 0. The van der Waals surface area contributed by atoms with Crippen molar-refractivity contribution in [2.45, 2.75) is 25.8 Å². The van der Waals surface area contributed by atoms with Crippen LogP contribution in [0.4, 0.5) is 11.4 Å². The lowest BCUT2D eigenvalue weighted by Crippen LogP contribution is -2.27. The number of non-ortho nitro benzene ring substituents is 1. The zero-order chi connectivity index (χ0) is 21.1. The molecule has 1 fully saturated rings. The minimum Gasteiger partial charge on any atom is -0.478 e. The molecule has 0 bridgehead atoms. The zero-order valence-electron chi connectivity index (χ0n) is 15.5. The maximum Gasteiger partial charge on any atom is 0.335 e. The summed E-state index contributed by atoms with van der Waals surface area (Å²) in [5.41, 5.74) is 0.489. The SMILES string of the molecule is CC(NC(=O)c1cc(C(=O)O)cc([N+](=O)[O-])c1)c1ccc(NC(=O)C2CC2)cc1. The molecule has 150 valence electrons. The number of nitro groups is 1. The Labute approximate surface area is 165 Å². The minimum atomic E-state index is -1.36. The molecule has 0 radical (unpaired) electrons. The number of nitrogens with one attached hydrogen (secondary N) is 2. The highest BCUT2D eigenvalue weighted by atomic mass is 16.6. The Kier molecular flexibility index (Phi) is 5.58. The zero-order valence-corrected chi connectivity index (χ0v) is 15.5. The number of aromatic carboxylic acids is 1. The highest BCUT2D eigenvalue weighted by Crippen LogP contribution is 2.30. The van der Waals surface area contributed by atoms with Gasteiger partial charge < -0.3 is 15.7 Å². The van der Waals surface area contributed by atoms with Crippen molar-refractivity contribution in [2.24, 2.45) is 5.92 Å². The molecule has 0 spiro atoms. The molecule has 0 saturated heterocycles. The number of carbonyl (C=O) groups is 3. The fourth-order valence-electron chi connectivity index (χ4n) is 2.78. The Morgan fingerprint density at radius 3 is 2.28 bits per heavy atom. The summed E-state index contributed by atoms with van der Waals surface area (Å²) in [5.74, 6) is -1.90. The van der Waals surface area contributed by atoms with Crippen LogP contribution in [0.5, 0.6) is 0 Å². The summed E-state index contributed by atoms with van der Waals surface area (Å²) in [5, 5.41) is 25.6. The van der Waals surface area contributed by atoms with E-state index in [1.165, 1.54) is 0 Å². The van der Waals surface area contributed by atoms with Crippen LogP contribution in [0.15, 0.2) is 42.5 Å². The Balaban J connectivity index is 1.70. The second-order valence-corrected chi connectivity index (χ2v) is 6.91. The van der Waals surface area contributed by atoms with Gasteiger partial charge in [-0.2, -0.15) is 0 Å². The lowest BCUT2D eigenvalue weighted by molar-refractivity contribution is -0.384. The van der Waals surface area contributed by atoms with Gasteiger partial charge in [-0.05, 0) is 43.5 Å². The average Bonchev–Trinajstić information content (AvgIpc) is 3.53. The fourth-order valence-corrected chi connectivity index (χ4v) is 2.78. The lowest BCUT2D eigenvalue weighted by atomic mass is 10.1. The predicted molar refractivity (Wildman–Crippen MR) is 104 cm³/mol. The molecule has 0 heterocycles. The van der Waals surface area contributed by atoms with Crippen LogP contribution in [0.3, 0.4) is 0 Å². The monoisotopic (exact) mass is 397 g/mol. The Morgan fingerprint density at radius 2 is 1.72 bits per heavy atom. The van der Waals surface area contributed by atoms with Crippen molar-refractivity contribution in [3.63, 3.8) is 0 Å². The van der Waals surface area contributed by atoms with Crippen molar-refractivity contribution in [3.05, 3.63) is 69.3 Å². The Hall–Kier alpha value is -3.75. The highest BCUT2D eigenvalue weighted by Gasteiger charge is 2.29. The van der Waals surface area contributed by atoms with E-state index in [0.29, 0.717) is 5.69 Å². The average molecular weight is 397 g/mol. The maximum absolute atomic E-state index is 12.5. The number of rotatable bonds is 7. The summed E-state index contributed by atoms with van der Waals surface area (Å²) in [6.07, 6.45) is 1.82. The molecule has 2 amide bonds. The van der Waals surface area contributed by atoms with Gasteiger partial charge in [0.15, 0.2) is 0 Å². The van der Waals surface area contributed by atoms with E-state index in [1.807, 2.05) is 0 Å². The van der Waals surface area contributed by atoms with E-state index in [1.54, 1.807) is 31.2 Å². The van der Waals surface area contributed by atoms with Crippen LogP contribution in [0.25, 0.3) is 0 Å². The lowest BCUT2D eigenvalue weighted by Gasteiger charge is -2.15. The first-order chi connectivity index (χ1) is 13.7. The number of hydrogen-bond acceptors (Lipinski definition) is 5. The first-order valence-corrected chi connectivity index (χ1v) is 8.99. The number of benzene rings is 2. The van der Waals surface area contributed by atoms with E-state index in [2.05, 4.69) is 10.6 Å². The molecule has 2 aromatic carbocycles. The van der Waals surface area contributed by atoms with Crippen LogP contribution in [0, 0.1) is 16.0 Å². The van der Waals surface area contributed by atoms with Crippen LogP contribution in [0.1, 0.15) is 52.1 Å². The van der Waals surface area contributed by atoms with Gasteiger partial charge in [0.2, 0.25) is 5.91 Å². The molecule has 29 heavy (non-hydrogen) atoms. The van der Waals surface area contributed by atoms with E-state index in [4.69, 9.17) is 5.11 Å². The number of hydrogen-bond donors (Lipinski definition) is 3. The van der Waals surface area contributed by atoms with Crippen molar-refractivity contribution in [1.82, 2.24) is 5.32 Å². The van der Waals surface area contributed by atoms with Gasteiger partial charge in [-0.15, -0.1) is 0 Å². The third kappa shape index (κ3) is 4.95. The molecule has 0 aromatic heterocycles. The van der Waals surface area contributed by atoms with Crippen molar-refractivity contribution >= 4 is 29.2 Å². The summed E-state index contributed by atoms with van der Waals surface area (Å²) in [6.45, 7) is 1.73. The largest absolute Gasteiger partial charge is 0.478 e. The number of carboxylic acids is 1. The van der Waals surface area contributed by atoms with Gasteiger partial charge in [0.25, 0.3) is 11.6 Å². The molecule has 9 nitrogen and oxygen atoms in total. The number of anilines is 1. The van der Waals surface area contributed by atoms with Gasteiger partial charge in [0, 0.05) is 29.3 Å². The number of carboxylic acid groups (broad SMARTS) is 1. The number of nitro benzene ring substituents is 1. The van der Waals surface area contributed by atoms with E-state index < -0.39 is 28.5 Å². The number of nitrogens with zero attached hydrogens (tertiary/aromatic N) is 1. The molecule has 3 rings (SSSR count). The van der Waals surface area contributed by atoms with Gasteiger partial charge in [-0.25, -0.2) is 4.79 Å². The summed E-state index contributed by atoms with van der Waals surface area (Å²) >= 11 is 0. The van der Waals surface area contributed by atoms with Crippen molar-refractivity contribution in [3.8, 4) is 0 Å². The van der Waals surface area contributed by atoms with Crippen LogP contribution >= 0.6 is 0 Å². The molecule has 9 heteroatoms. The highest BCUT2D eigenvalue weighted by molar-refractivity contribution is 5.98. The first-order valence-electron chi connectivity index (χ1n) is 8.99. The molecular weight excluding hydrogens is 378 g/mol. The third-order valence-electron chi connectivity index (χ3n) is 4.61. The quantitative estimate of drug-likeness (QED) is 0.484. The first kappa shape index (κ1) is 20.0. The second kappa shape index (κ2) is 8.09. The Bertz CT molecular complexity index is 950. The van der Waals surface area contributed by atoms with Crippen molar-refractivity contribution < 1.29 is 24.4 Å². The van der Waals surface area contributed by atoms with E-state index in [0.717, 1.165) is 36.6 Å². The van der Waals surface area contributed by atoms with Gasteiger partial charge in [-0.3, -0.25) is 19.7 Å². The molecular formula is C20H19N3O6. The summed E-state index contributed by atoms with van der Waals surface area (Å²) in [6, 6.07) is 9.55. The summed E-state index contributed by atoms with van der Waals surface area (Å²) in [4.78, 5) is 45.7. The van der Waals surface area contributed by atoms with Crippen molar-refractivity contribution in [2.75, 3.05) is 5.32 Å². The second-order valence-electron chi connectivity index (χ2n) is 6.91. The van der Waals surface area contributed by atoms with Crippen LogP contribution in [-0.4, -0.2) is 27.8 Å². The normalized spacial score (nSPS) is 14.0. The minimum absolute atomic E-state index is 0.000919. The smallest absolute Gasteiger partial charge is 0.335 e. The fraction of sp³-hybridized carbons (Fsp3) is 0.250. The van der Waals surface area contributed by atoms with E-state index >= 15 is 0 Å². The molecule has 1 aliphatic rings. The molecule has 2 aromatic rings. The molecule has 0 aliphatic heterocycles. The van der Waals surface area contributed by atoms with Crippen LogP contribution in [0.2, 0.25) is 0 Å². The standard InChI is InChI=1S/C20H19N3O6/c1-11(12-4-6-16(7-5-12)22-18(24)13-2-3-13)21-19(25)14-8-15(20(26)27)10-17(9-14)23(28)29/h4-11,13H,2-3H2,1H3,(H,21,25)(H,22,24)(H,26,27). The van der Waals surface area contributed by atoms with Gasteiger partial charge in [-0.1, -0.05) is 12.1 Å². The molecule has 1 unspecified atom stereocenters. The number of amides is 2. The Morgan fingerprint density at radius 1 is 1.10 bits per heavy atom. The van der Waals surface area contributed by atoms with Gasteiger partial charge >= 0.3 is 5.97 Å². The molecule has 3 N–H and O–H groups in total. The number of carbonyl (C=O) groups excluding carboxylic acids is 2. The molecule has 1 aliphatic carbocycles. The van der Waals surface area contributed by atoms with Gasteiger partial charge in [0.1, 0.15) is 0 Å². The molecule has 1 atom stereocenters. The third-order valence-corrected chi connectivity index (χ3v) is 4.61. The van der Waals surface area contributed by atoms with Crippen LogP contribution in [-0.2, 0) is 4.79 Å². The predicted octanol–water partition coefficient (Wildman–Crippen LogP) is 3.13. The van der Waals surface area contributed by atoms with Crippen LogP contribution < -0.4 is 10.6 Å². The summed E-state index contributed by atoms with van der Waals surface area (Å²) in [7, 11) is 0. The molecule has 1 saturated carbocycles. The van der Waals surface area contributed by atoms with E-state index in [-0.39, 0.29) is 23.0 Å². The maximum atomic E-state index is 12.5. The van der Waals surface area contributed by atoms with Crippen molar-refractivity contribution in [1.29, 1.82) is 0 Å². The van der Waals surface area contributed by atoms with E-state index in [9.17, 15) is 24.5 Å². The van der Waals surface area contributed by atoms with Gasteiger partial charge in [0.05, 0.1) is 16.5 Å².